The summed E-state index contributed by atoms with van der Waals surface area (Å²) < 4.78 is 59.7. The van der Waals surface area contributed by atoms with Crippen molar-refractivity contribution in [2.75, 3.05) is 30.8 Å². The van der Waals surface area contributed by atoms with Gasteiger partial charge in [-0.1, -0.05) is 29.8 Å². The van der Waals surface area contributed by atoms with E-state index in [0.717, 1.165) is 11.3 Å². The Kier molecular flexibility index (Phi) is 11.2. The van der Waals surface area contributed by atoms with Crippen LogP contribution in [0.3, 0.4) is 0 Å². The summed E-state index contributed by atoms with van der Waals surface area (Å²) in [6.45, 7) is 10.5. The highest BCUT2D eigenvalue weighted by atomic mass is 35.5. The van der Waals surface area contributed by atoms with E-state index >= 15 is 4.39 Å². The lowest BCUT2D eigenvalue weighted by Crippen LogP contribution is -2.55. The number of nitrogens with zero attached hydrogens (tertiary/aromatic N) is 1. The molecule has 1 atom stereocenters. The van der Waals surface area contributed by atoms with E-state index in [9.17, 15) is 18.0 Å². The van der Waals surface area contributed by atoms with Gasteiger partial charge in [-0.05, 0) is 89.8 Å². The number of carbonyl (C=O) groups is 2. The molecule has 1 saturated heterocycles. The minimum absolute atomic E-state index is 0.0266. The zero-order valence-corrected chi connectivity index (χ0v) is 29.7. The maximum absolute atomic E-state index is 15.2. The normalized spacial score (nSPS) is 16.8. The van der Waals surface area contributed by atoms with Crippen molar-refractivity contribution in [3.63, 3.8) is 0 Å². The number of nitrogen functional groups attached to an aromatic ring is 1. The molecule has 0 radical (unpaired) electrons. The molecule has 2 heterocycles. The van der Waals surface area contributed by atoms with Gasteiger partial charge in [-0.15, -0.1) is 11.3 Å². The molecule has 256 valence electrons. The quantitative estimate of drug-likeness (QED) is 0.161. The van der Waals surface area contributed by atoms with Crippen LogP contribution in [-0.2, 0) is 30.0 Å². The average molecular weight is 710 g/mol. The molecule has 2 aromatic carbocycles. The molecule has 1 aromatic heterocycles. The van der Waals surface area contributed by atoms with Gasteiger partial charge in [0.15, 0.2) is 17.2 Å². The topological polar surface area (TPSA) is 137 Å². The summed E-state index contributed by atoms with van der Waals surface area (Å²) in [6.07, 6.45) is 0.860. The number of hydrogen-bond donors (Lipinski definition) is 2. The Balaban J connectivity index is 1.57. The number of piperidine rings is 1. The van der Waals surface area contributed by atoms with E-state index in [1.54, 1.807) is 58.0 Å². The molecule has 1 aliphatic heterocycles. The largest absolute Gasteiger partial charge is 0.479 e. The Labute approximate surface area is 284 Å². The molecule has 1 aliphatic rings. The SMILES string of the molecule is CCOC(=O)COc1c(C(=O)OC(C)(C)C)sc(-c2ccc(F)c(N[C@H]3CCN(S(=O)(=O)Cc4cccc(N)c4)C(C)(C)C3)c2)c1Cl. The number of rotatable bonds is 11. The molecule has 1 fully saturated rings. The second-order valence-corrected chi connectivity index (χ2v) is 16.2. The van der Waals surface area contributed by atoms with Gasteiger partial charge >= 0.3 is 11.9 Å². The lowest BCUT2D eigenvalue weighted by Gasteiger charge is -2.45. The highest BCUT2D eigenvalue weighted by Crippen LogP contribution is 2.47. The third-order valence-corrected chi connectivity index (χ3v) is 11.1. The minimum atomic E-state index is -3.66. The number of sulfonamides is 1. The summed E-state index contributed by atoms with van der Waals surface area (Å²) in [5.74, 6) is -2.03. The Hall–Kier alpha value is -3.39. The van der Waals surface area contributed by atoms with Crippen LogP contribution in [-0.4, -0.2) is 61.6 Å². The van der Waals surface area contributed by atoms with E-state index in [1.807, 2.05) is 13.8 Å². The highest BCUT2D eigenvalue weighted by Gasteiger charge is 2.41. The first-order chi connectivity index (χ1) is 21.9. The summed E-state index contributed by atoms with van der Waals surface area (Å²) in [7, 11) is -3.66. The number of halogens is 2. The van der Waals surface area contributed by atoms with Crippen LogP contribution >= 0.6 is 22.9 Å². The van der Waals surface area contributed by atoms with Gasteiger partial charge in [0.05, 0.1) is 22.9 Å². The van der Waals surface area contributed by atoms with Gasteiger partial charge in [0.2, 0.25) is 10.0 Å². The van der Waals surface area contributed by atoms with Crippen LogP contribution in [0.1, 0.15) is 69.6 Å². The van der Waals surface area contributed by atoms with Crippen LogP contribution in [0.15, 0.2) is 42.5 Å². The molecule has 0 spiro atoms. The molecule has 0 aliphatic carbocycles. The molecule has 0 saturated carbocycles. The lowest BCUT2D eigenvalue weighted by atomic mass is 9.89. The van der Waals surface area contributed by atoms with Gasteiger partial charge in [-0.3, -0.25) is 0 Å². The van der Waals surface area contributed by atoms with Crippen LogP contribution in [0.5, 0.6) is 5.75 Å². The van der Waals surface area contributed by atoms with E-state index in [1.165, 1.54) is 16.4 Å². The summed E-state index contributed by atoms with van der Waals surface area (Å²) in [4.78, 5) is 25.6. The molecule has 0 unspecified atom stereocenters. The number of thiophene rings is 1. The molecule has 14 heteroatoms. The Morgan fingerprint density at radius 1 is 1.19 bits per heavy atom. The molecule has 3 aromatic rings. The van der Waals surface area contributed by atoms with Crippen molar-refractivity contribution < 1.29 is 36.6 Å². The molecule has 0 amide bonds. The molecular weight excluding hydrogens is 669 g/mol. The first-order valence-electron chi connectivity index (χ1n) is 15.2. The fraction of sp³-hybridized carbons (Fsp3) is 0.455. The zero-order chi connectivity index (χ0) is 34.7. The maximum Gasteiger partial charge on any atom is 0.352 e. The number of ether oxygens (including phenoxy) is 3. The van der Waals surface area contributed by atoms with Crippen LogP contribution < -0.4 is 15.8 Å². The number of carbonyl (C=O) groups excluding carboxylic acids is 2. The fourth-order valence-electron chi connectivity index (χ4n) is 5.49. The highest BCUT2D eigenvalue weighted by molar-refractivity contribution is 7.88. The smallest absolute Gasteiger partial charge is 0.352 e. The monoisotopic (exact) mass is 709 g/mol. The van der Waals surface area contributed by atoms with E-state index in [4.69, 9.17) is 31.5 Å². The van der Waals surface area contributed by atoms with Crippen LogP contribution in [0.4, 0.5) is 15.8 Å². The van der Waals surface area contributed by atoms with E-state index in [-0.39, 0.29) is 46.3 Å². The van der Waals surface area contributed by atoms with Crippen molar-refractivity contribution in [3.8, 4) is 16.2 Å². The minimum Gasteiger partial charge on any atom is -0.479 e. The van der Waals surface area contributed by atoms with Gasteiger partial charge in [0.25, 0.3) is 0 Å². The number of hydrogen-bond acceptors (Lipinski definition) is 10. The second kappa shape index (κ2) is 14.4. The number of esters is 2. The predicted molar refractivity (Wildman–Crippen MR) is 183 cm³/mol. The first-order valence-corrected chi connectivity index (χ1v) is 18.0. The van der Waals surface area contributed by atoms with Crippen LogP contribution in [0, 0.1) is 5.82 Å². The predicted octanol–water partition coefficient (Wildman–Crippen LogP) is 6.87. The zero-order valence-electron chi connectivity index (χ0n) is 27.3. The molecule has 3 N–H and O–H groups in total. The molecule has 0 bridgehead atoms. The maximum atomic E-state index is 15.2. The van der Waals surface area contributed by atoms with Crippen LogP contribution in [0.2, 0.25) is 5.02 Å². The Bertz CT molecular complexity index is 1740. The number of nitrogens with one attached hydrogen (secondary N) is 1. The van der Waals surface area contributed by atoms with Crippen molar-refractivity contribution in [1.82, 2.24) is 4.31 Å². The van der Waals surface area contributed by atoms with Crippen molar-refractivity contribution in [2.45, 2.75) is 77.3 Å². The average Bonchev–Trinajstić information content (AvgIpc) is 3.27. The molecule has 47 heavy (non-hydrogen) atoms. The summed E-state index contributed by atoms with van der Waals surface area (Å²) in [6, 6.07) is 11.0. The standard InChI is InChI=1S/C33H41ClFN3O7S2/c1-7-43-26(39)18-44-28-27(34)29(46-30(28)31(40)45-32(2,3)4)21-11-12-24(35)25(16-21)37-23-13-14-38(33(5,6)17-23)47(41,42)19-20-9-8-10-22(36)15-20/h8-12,15-16,23,37H,7,13-14,17-19,36H2,1-6H3/t23-/m0/s1. The van der Waals surface area contributed by atoms with Crippen LogP contribution in [0.25, 0.3) is 10.4 Å². The van der Waals surface area contributed by atoms with Crippen molar-refractivity contribution in [1.29, 1.82) is 0 Å². The summed E-state index contributed by atoms with van der Waals surface area (Å²) in [5, 5.41) is 3.32. The van der Waals surface area contributed by atoms with E-state index in [0.29, 0.717) is 34.5 Å². The number of anilines is 2. The fourth-order valence-corrected chi connectivity index (χ4v) is 8.90. The molecular formula is C33H41ClFN3O7S2. The van der Waals surface area contributed by atoms with Gasteiger partial charge < -0.3 is 25.3 Å². The van der Waals surface area contributed by atoms with Gasteiger partial charge in [-0.2, -0.15) is 4.31 Å². The molecule has 4 rings (SSSR count). The van der Waals surface area contributed by atoms with Gasteiger partial charge in [0.1, 0.15) is 16.4 Å². The van der Waals surface area contributed by atoms with E-state index < -0.39 is 45.5 Å². The molecule has 10 nitrogen and oxygen atoms in total. The lowest BCUT2D eigenvalue weighted by molar-refractivity contribution is -0.145. The Morgan fingerprint density at radius 3 is 2.55 bits per heavy atom. The second-order valence-electron chi connectivity index (χ2n) is 12.9. The number of benzene rings is 2. The third-order valence-electron chi connectivity index (χ3n) is 7.36. The first kappa shape index (κ1) is 36.4. The van der Waals surface area contributed by atoms with Gasteiger partial charge in [-0.25, -0.2) is 22.4 Å². The van der Waals surface area contributed by atoms with Crippen molar-refractivity contribution in [3.05, 3.63) is 63.7 Å². The van der Waals surface area contributed by atoms with Crippen molar-refractivity contribution in [2.24, 2.45) is 0 Å². The van der Waals surface area contributed by atoms with Gasteiger partial charge in [0, 0.05) is 23.8 Å². The van der Waals surface area contributed by atoms with Crippen molar-refractivity contribution >= 4 is 56.3 Å². The number of nitrogens with two attached hydrogens (primary N) is 1. The summed E-state index contributed by atoms with van der Waals surface area (Å²) in [5.41, 5.74) is 6.08. The third kappa shape index (κ3) is 9.16. The van der Waals surface area contributed by atoms with E-state index in [2.05, 4.69) is 5.32 Å². The summed E-state index contributed by atoms with van der Waals surface area (Å²) >= 11 is 7.73. The Morgan fingerprint density at radius 2 is 1.91 bits per heavy atom.